The normalized spacial score (nSPS) is 20.4. The van der Waals surface area contributed by atoms with Crippen LogP contribution in [0.2, 0.25) is 0 Å². The van der Waals surface area contributed by atoms with E-state index in [-0.39, 0.29) is 12.0 Å². The molecule has 5 nitrogen and oxygen atoms in total. The molecule has 1 aromatic rings. The van der Waals surface area contributed by atoms with Gasteiger partial charge in [0.1, 0.15) is 5.69 Å². The summed E-state index contributed by atoms with van der Waals surface area (Å²) in [5.41, 5.74) is 1.46. The van der Waals surface area contributed by atoms with Crippen LogP contribution >= 0.6 is 0 Å². The zero-order valence-corrected chi connectivity index (χ0v) is 11.7. The summed E-state index contributed by atoms with van der Waals surface area (Å²) in [6.45, 7) is 3.58. The average molecular weight is 263 g/mol. The molecule has 2 rings (SSSR count). The van der Waals surface area contributed by atoms with E-state index in [1.807, 2.05) is 19.1 Å². The molecule has 1 saturated heterocycles. The van der Waals surface area contributed by atoms with Crippen molar-refractivity contribution in [3.63, 3.8) is 0 Å². The third-order valence-corrected chi connectivity index (χ3v) is 3.64. The third kappa shape index (κ3) is 3.04. The molecule has 0 saturated carbocycles. The molecule has 0 aromatic carbocycles. The van der Waals surface area contributed by atoms with Crippen LogP contribution in [-0.4, -0.2) is 54.2 Å². The molecule has 104 valence electrons. The maximum absolute atomic E-state index is 11.9. The number of aliphatic hydroxyl groups excluding tert-OH is 1. The quantitative estimate of drug-likeness (QED) is 0.883. The highest BCUT2D eigenvalue weighted by atomic mass is 16.3. The number of amides is 1. The van der Waals surface area contributed by atoms with Gasteiger partial charge in [-0.2, -0.15) is 0 Å². The molecule has 5 heteroatoms. The zero-order valence-electron chi connectivity index (χ0n) is 11.7. The summed E-state index contributed by atoms with van der Waals surface area (Å²) in [6, 6.07) is 3.74. The van der Waals surface area contributed by atoms with Crippen molar-refractivity contribution in [2.24, 2.45) is 5.92 Å². The van der Waals surface area contributed by atoms with E-state index in [9.17, 15) is 9.90 Å². The minimum Gasteiger partial charge on any atom is -0.393 e. The van der Waals surface area contributed by atoms with Gasteiger partial charge in [0.2, 0.25) is 0 Å². The molecule has 1 N–H and O–H groups in total. The van der Waals surface area contributed by atoms with E-state index in [2.05, 4.69) is 9.88 Å². The lowest BCUT2D eigenvalue weighted by atomic mass is 10.0. The fraction of sp³-hybridized carbons (Fsp3) is 0.571. The van der Waals surface area contributed by atoms with Gasteiger partial charge >= 0.3 is 0 Å². The largest absolute Gasteiger partial charge is 0.393 e. The smallest absolute Gasteiger partial charge is 0.272 e. The van der Waals surface area contributed by atoms with Crippen molar-refractivity contribution in [1.82, 2.24) is 9.88 Å². The van der Waals surface area contributed by atoms with Gasteiger partial charge in [0.05, 0.1) is 6.10 Å². The molecule has 1 aromatic heterocycles. The van der Waals surface area contributed by atoms with Crippen molar-refractivity contribution < 1.29 is 9.90 Å². The van der Waals surface area contributed by atoms with Crippen molar-refractivity contribution in [3.8, 4) is 0 Å². The second-order valence-electron chi connectivity index (χ2n) is 5.33. The number of aromatic nitrogens is 1. The predicted octanol–water partition coefficient (Wildman–Crippen LogP) is 0.991. The maximum atomic E-state index is 11.9. The molecule has 1 aliphatic heterocycles. The lowest BCUT2D eigenvalue weighted by Gasteiger charge is -2.20. The summed E-state index contributed by atoms with van der Waals surface area (Å²) in [4.78, 5) is 19.7. The Bertz CT molecular complexity index is 460. The zero-order chi connectivity index (χ0) is 14.0. The molecule has 2 unspecified atom stereocenters. The molecule has 19 heavy (non-hydrogen) atoms. The fourth-order valence-electron chi connectivity index (χ4n) is 2.38. The Morgan fingerprint density at radius 3 is 2.89 bits per heavy atom. The topological polar surface area (TPSA) is 56.7 Å². The second kappa shape index (κ2) is 5.57. The third-order valence-electron chi connectivity index (χ3n) is 3.64. The lowest BCUT2D eigenvalue weighted by Crippen LogP contribution is -2.25. The molecule has 1 amide bonds. The molecule has 1 aliphatic rings. The Labute approximate surface area is 113 Å². The number of pyridine rings is 1. The van der Waals surface area contributed by atoms with E-state index in [4.69, 9.17) is 0 Å². The number of nitrogens with zero attached hydrogens (tertiary/aromatic N) is 3. The predicted molar refractivity (Wildman–Crippen MR) is 74.3 cm³/mol. The molecule has 0 radical (unpaired) electrons. The minimum absolute atomic E-state index is 0.0897. The number of anilines is 1. The highest BCUT2D eigenvalue weighted by molar-refractivity contribution is 5.92. The van der Waals surface area contributed by atoms with Crippen LogP contribution < -0.4 is 4.90 Å². The van der Waals surface area contributed by atoms with Gasteiger partial charge in [-0.1, -0.05) is 0 Å². The van der Waals surface area contributed by atoms with Crippen LogP contribution in [0.1, 0.15) is 23.8 Å². The first-order chi connectivity index (χ1) is 8.99. The van der Waals surface area contributed by atoms with Gasteiger partial charge in [0, 0.05) is 45.0 Å². The van der Waals surface area contributed by atoms with Crippen molar-refractivity contribution in [3.05, 3.63) is 24.0 Å². The first-order valence-corrected chi connectivity index (χ1v) is 6.59. The van der Waals surface area contributed by atoms with E-state index in [0.717, 1.165) is 25.2 Å². The highest BCUT2D eigenvalue weighted by Gasteiger charge is 2.26. The van der Waals surface area contributed by atoms with Crippen LogP contribution in [0.15, 0.2) is 18.3 Å². The number of hydrogen-bond donors (Lipinski definition) is 1. The van der Waals surface area contributed by atoms with Gasteiger partial charge in [0.25, 0.3) is 5.91 Å². The van der Waals surface area contributed by atoms with E-state index in [1.165, 1.54) is 4.90 Å². The summed E-state index contributed by atoms with van der Waals surface area (Å²) < 4.78 is 0. The first kappa shape index (κ1) is 13.8. The van der Waals surface area contributed by atoms with Gasteiger partial charge in [-0.25, -0.2) is 0 Å². The summed E-state index contributed by atoms with van der Waals surface area (Å²) in [5.74, 6) is 0.217. The number of rotatable bonds is 3. The van der Waals surface area contributed by atoms with Crippen molar-refractivity contribution >= 4 is 11.6 Å². The van der Waals surface area contributed by atoms with E-state index >= 15 is 0 Å². The highest BCUT2D eigenvalue weighted by Crippen LogP contribution is 2.25. The Balaban J connectivity index is 2.14. The van der Waals surface area contributed by atoms with E-state index in [0.29, 0.717) is 11.6 Å². The van der Waals surface area contributed by atoms with Crippen LogP contribution in [0.3, 0.4) is 0 Å². The Morgan fingerprint density at radius 2 is 2.32 bits per heavy atom. The molecule has 1 fully saturated rings. The molecule has 0 aliphatic carbocycles. The molecule has 2 atom stereocenters. The Hall–Kier alpha value is -1.62. The lowest BCUT2D eigenvalue weighted by molar-refractivity contribution is 0.0822. The van der Waals surface area contributed by atoms with Gasteiger partial charge in [0.15, 0.2) is 0 Å². The van der Waals surface area contributed by atoms with Crippen LogP contribution in [0.4, 0.5) is 5.69 Å². The van der Waals surface area contributed by atoms with Crippen LogP contribution in [-0.2, 0) is 0 Å². The van der Waals surface area contributed by atoms with Crippen molar-refractivity contribution in [1.29, 1.82) is 0 Å². The van der Waals surface area contributed by atoms with E-state index < -0.39 is 0 Å². The molecule has 0 bridgehead atoms. The fourth-order valence-corrected chi connectivity index (χ4v) is 2.38. The standard InChI is InChI=1S/C14H21N3O2/c1-10(18)11-5-7-17(9-11)12-4-6-15-13(8-12)14(19)16(2)3/h4,6,8,10-11,18H,5,7,9H2,1-3H3. The van der Waals surface area contributed by atoms with Crippen molar-refractivity contribution in [2.45, 2.75) is 19.4 Å². The molecular weight excluding hydrogens is 242 g/mol. The van der Waals surface area contributed by atoms with E-state index in [1.54, 1.807) is 20.3 Å². The van der Waals surface area contributed by atoms with Gasteiger partial charge in [-0.3, -0.25) is 9.78 Å². The summed E-state index contributed by atoms with van der Waals surface area (Å²) in [5, 5.41) is 9.63. The van der Waals surface area contributed by atoms with Crippen molar-refractivity contribution in [2.75, 3.05) is 32.1 Å². The molecular formula is C14H21N3O2. The molecule has 2 heterocycles. The maximum Gasteiger partial charge on any atom is 0.272 e. The van der Waals surface area contributed by atoms with Crippen LogP contribution in [0.25, 0.3) is 0 Å². The Morgan fingerprint density at radius 1 is 1.58 bits per heavy atom. The summed E-state index contributed by atoms with van der Waals surface area (Å²) in [7, 11) is 3.44. The summed E-state index contributed by atoms with van der Waals surface area (Å²) >= 11 is 0. The number of carbonyl (C=O) groups is 1. The minimum atomic E-state index is -0.283. The van der Waals surface area contributed by atoms with Gasteiger partial charge in [-0.05, 0) is 25.5 Å². The summed E-state index contributed by atoms with van der Waals surface area (Å²) in [6.07, 6.45) is 2.37. The SMILES string of the molecule is CC(O)C1CCN(c2ccnc(C(=O)N(C)C)c2)C1. The number of hydrogen-bond acceptors (Lipinski definition) is 4. The van der Waals surface area contributed by atoms with Crippen LogP contribution in [0, 0.1) is 5.92 Å². The van der Waals surface area contributed by atoms with Gasteiger partial charge < -0.3 is 14.9 Å². The van der Waals surface area contributed by atoms with Crippen LogP contribution in [0.5, 0.6) is 0 Å². The first-order valence-electron chi connectivity index (χ1n) is 6.59. The monoisotopic (exact) mass is 263 g/mol. The van der Waals surface area contributed by atoms with Gasteiger partial charge in [-0.15, -0.1) is 0 Å². The average Bonchev–Trinajstić information content (AvgIpc) is 2.87. The Kier molecular flexibility index (Phi) is 4.04. The molecule has 0 spiro atoms. The number of aliphatic hydroxyl groups is 1. The number of carbonyl (C=O) groups excluding carboxylic acids is 1. The second-order valence-corrected chi connectivity index (χ2v) is 5.33.